The Morgan fingerprint density at radius 2 is 2.06 bits per heavy atom. The average Bonchev–Trinajstić information content (AvgIpc) is 3.26. The van der Waals surface area contributed by atoms with Gasteiger partial charge in [-0.25, -0.2) is 9.97 Å². The zero-order valence-corrected chi connectivity index (χ0v) is 18.6. The molecule has 0 amide bonds. The van der Waals surface area contributed by atoms with Crippen molar-refractivity contribution in [2.45, 2.75) is 38.8 Å². The molecule has 1 aromatic heterocycles. The number of fused-ring (bicyclic) bond motifs is 1. The molecule has 0 unspecified atom stereocenters. The summed E-state index contributed by atoms with van der Waals surface area (Å²) in [6, 6.07) is 17.7. The van der Waals surface area contributed by atoms with Crippen molar-refractivity contribution in [1.82, 2.24) is 15.3 Å². The van der Waals surface area contributed by atoms with E-state index in [-0.39, 0.29) is 6.04 Å². The van der Waals surface area contributed by atoms with Crippen LogP contribution < -0.4 is 10.1 Å². The molecule has 0 bridgehead atoms. The standard InChI is InChI=1S/C27H25N5O/c1-2-6-23-26(14-24(31-23)19-7-4-3-5-8-19)33-25-13-18(15-28)9-10-21(25)27-30-17-20-16-29-12-11-22(20)32-27/h3-5,7-10,13-14,17,23,29H,2,6,11-12,16H2,1H3/t23-/m1/s1. The quantitative estimate of drug-likeness (QED) is 0.612. The summed E-state index contributed by atoms with van der Waals surface area (Å²) in [5, 5.41) is 12.8. The number of nitriles is 1. The van der Waals surface area contributed by atoms with Gasteiger partial charge >= 0.3 is 0 Å². The lowest BCUT2D eigenvalue weighted by Gasteiger charge is -2.18. The normalized spacial score (nSPS) is 17.0. The van der Waals surface area contributed by atoms with Crippen molar-refractivity contribution < 1.29 is 4.74 Å². The van der Waals surface area contributed by atoms with Gasteiger partial charge in [-0.2, -0.15) is 5.26 Å². The summed E-state index contributed by atoms with van der Waals surface area (Å²) >= 11 is 0. The number of hydrogen-bond donors (Lipinski definition) is 1. The fraction of sp³-hybridized carbons (Fsp3) is 0.259. The van der Waals surface area contributed by atoms with Crippen LogP contribution in [0, 0.1) is 11.3 Å². The Labute approximate surface area is 193 Å². The number of nitrogens with zero attached hydrogens (tertiary/aromatic N) is 4. The van der Waals surface area contributed by atoms with Crippen molar-refractivity contribution >= 4 is 5.71 Å². The molecule has 164 valence electrons. The predicted molar refractivity (Wildman–Crippen MR) is 128 cm³/mol. The van der Waals surface area contributed by atoms with Crippen molar-refractivity contribution in [3.05, 3.63) is 88.9 Å². The molecular weight excluding hydrogens is 410 g/mol. The minimum Gasteiger partial charge on any atom is -0.459 e. The van der Waals surface area contributed by atoms with Gasteiger partial charge in [-0.3, -0.25) is 4.99 Å². The van der Waals surface area contributed by atoms with Gasteiger partial charge in [-0.05, 0) is 30.2 Å². The molecule has 0 saturated heterocycles. The van der Waals surface area contributed by atoms with Gasteiger partial charge in [0.15, 0.2) is 5.82 Å². The van der Waals surface area contributed by atoms with Gasteiger partial charge in [0.2, 0.25) is 0 Å². The van der Waals surface area contributed by atoms with E-state index < -0.39 is 0 Å². The molecule has 6 heteroatoms. The van der Waals surface area contributed by atoms with Crippen LogP contribution in [0.25, 0.3) is 11.4 Å². The van der Waals surface area contributed by atoms with E-state index in [9.17, 15) is 5.26 Å². The smallest absolute Gasteiger partial charge is 0.163 e. The molecule has 2 aliphatic heterocycles. The Kier molecular flexibility index (Phi) is 5.97. The number of aromatic nitrogens is 2. The first-order valence-corrected chi connectivity index (χ1v) is 11.4. The van der Waals surface area contributed by atoms with Crippen LogP contribution in [-0.2, 0) is 13.0 Å². The Balaban J connectivity index is 1.52. The van der Waals surface area contributed by atoms with E-state index in [0.717, 1.165) is 66.2 Å². The number of aliphatic imine (C=N–C) groups is 1. The Hall–Kier alpha value is -3.82. The molecule has 3 aromatic rings. The molecule has 2 aromatic carbocycles. The molecule has 33 heavy (non-hydrogen) atoms. The Morgan fingerprint density at radius 1 is 1.18 bits per heavy atom. The molecule has 0 radical (unpaired) electrons. The highest BCUT2D eigenvalue weighted by molar-refractivity contribution is 6.10. The van der Waals surface area contributed by atoms with Crippen molar-refractivity contribution in [3.63, 3.8) is 0 Å². The first-order valence-electron chi connectivity index (χ1n) is 11.4. The molecule has 6 nitrogen and oxygen atoms in total. The van der Waals surface area contributed by atoms with E-state index in [0.29, 0.717) is 17.1 Å². The van der Waals surface area contributed by atoms with Crippen molar-refractivity contribution in [2.24, 2.45) is 4.99 Å². The third kappa shape index (κ3) is 4.41. The van der Waals surface area contributed by atoms with E-state index in [4.69, 9.17) is 14.7 Å². The highest BCUT2D eigenvalue weighted by atomic mass is 16.5. The SMILES string of the molecule is CCC[C@H]1N=C(c2ccccc2)C=C1Oc1cc(C#N)ccc1-c1ncc2c(n1)CCNC2. The lowest BCUT2D eigenvalue weighted by atomic mass is 10.1. The average molecular weight is 436 g/mol. The summed E-state index contributed by atoms with van der Waals surface area (Å²) in [5.41, 5.74) is 5.48. The molecule has 0 spiro atoms. The summed E-state index contributed by atoms with van der Waals surface area (Å²) in [7, 11) is 0. The van der Waals surface area contributed by atoms with Crippen LogP contribution >= 0.6 is 0 Å². The van der Waals surface area contributed by atoms with Gasteiger partial charge in [0.25, 0.3) is 0 Å². The number of nitrogens with one attached hydrogen (secondary N) is 1. The van der Waals surface area contributed by atoms with E-state index in [1.54, 1.807) is 12.1 Å². The second-order valence-corrected chi connectivity index (χ2v) is 8.25. The highest BCUT2D eigenvalue weighted by Crippen LogP contribution is 2.33. The summed E-state index contributed by atoms with van der Waals surface area (Å²) in [6.07, 6.45) is 6.64. The Morgan fingerprint density at radius 3 is 2.88 bits per heavy atom. The molecule has 0 aliphatic carbocycles. The highest BCUT2D eigenvalue weighted by Gasteiger charge is 2.25. The van der Waals surface area contributed by atoms with Gasteiger partial charge in [0.05, 0.1) is 28.6 Å². The van der Waals surface area contributed by atoms with Crippen LogP contribution in [0.15, 0.2) is 71.6 Å². The summed E-state index contributed by atoms with van der Waals surface area (Å²) in [5.74, 6) is 1.99. The minimum absolute atomic E-state index is 0.0562. The number of benzene rings is 2. The second-order valence-electron chi connectivity index (χ2n) is 8.25. The number of rotatable bonds is 6. The van der Waals surface area contributed by atoms with Crippen LogP contribution in [0.5, 0.6) is 5.75 Å². The van der Waals surface area contributed by atoms with Crippen molar-refractivity contribution in [2.75, 3.05) is 6.54 Å². The molecule has 2 aliphatic rings. The minimum atomic E-state index is -0.0562. The van der Waals surface area contributed by atoms with E-state index >= 15 is 0 Å². The first kappa shape index (κ1) is 21.0. The van der Waals surface area contributed by atoms with Gasteiger partial charge in [0, 0.05) is 37.3 Å². The van der Waals surface area contributed by atoms with E-state index in [1.807, 2.05) is 36.5 Å². The molecular formula is C27H25N5O. The summed E-state index contributed by atoms with van der Waals surface area (Å²) in [4.78, 5) is 14.4. The van der Waals surface area contributed by atoms with E-state index in [1.165, 1.54) is 0 Å². The van der Waals surface area contributed by atoms with Crippen LogP contribution in [-0.4, -0.2) is 28.3 Å². The Bertz CT molecular complexity index is 1270. The maximum Gasteiger partial charge on any atom is 0.163 e. The van der Waals surface area contributed by atoms with Crippen LogP contribution in [0.4, 0.5) is 0 Å². The van der Waals surface area contributed by atoms with Gasteiger partial charge in [0.1, 0.15) is 17.6 Å². The third-order valence-electron chi connectivity index (χ3n) is 5.92. The lowest BCUT2D eigenvalue weighted by Crippen LogP contribution is -2.25. The third-order valence-corrected chi connectivity index (χ3v) is 5.92. The lowest BCUT2D eigenvalue weighted by molar-refractivity contribution is 0.381. The van der Waals surface area contributed by atoms with Gasteiger partial charge in [-0.15, -0.1) is 0 Å². The zero-order valence-electron chi connectivity index (χ0n) is 18.6. The van der Waals surface area contributed by atoms with Crippen LogP contribution in [0.2, 0.25) is 0 Å². The maximum atomic E-state index is 9.49. The summed E-state index contributed by atoms with van der Waals surface area (Å²) in [6.45, 7) is 3.84. The molecule has 3 heterocycles. The van der Waals surface area contributed by atoms with Crippen molar-refractivity contribution in [1.29, 1.82) is 5.26 Å². The van der Waals surface area contributed by atoms with Crippen LogP contribution in [0.1, 0.15) is 42.1 Å². The topological polar surface area (TPSA) is 83.2 Å². The molecule has 1 N–H and O–H groups in total. The maximum absolute atomic E-state index is 9.49. The van der Waals surface area contributed by atoms with Crippen LogP contribution in [0.3, 0.4) is 0 Å². The van der Waals surface area contributed by atoms with Crippen molar-refractivity contribution in [3.8, 4) is 23.2 Å². The molecule has 0 fully saturated rings. The molecule has 5 rings (SSSR count). The van der Waals surface area contributed by atoms with Gasteiger partial charge < -0.3 is 10.1 Å². The second kappa shape index (κ2) is 9.35. The largest absolute Gasteiger partial charge is 0.459 e. The predicted octanol–water partition coefficient (Wildman–Crippen LogP) is 4.60. The van der Waals surface area contributed by atoms with Gasteiger partial charge in [-0.1, -0.05) is 43.7 Å². The number of allylic oxidation sites excluding steroid dienone is 1. The first-order chi connectivity index (χ1) is 16.2. The molecule has 1 atom stereocenters. The number of hydrogen-bond acceptors (Lipinski definition) is 6. The zero-order chi connectivity index (χ0) is 22.6. The number of ether oxygens (including phenoxy) is 1. The monoisotopic (exact) mass is 435 g/mol. The molecule has 0 saturated carbocycles. The fourth-order valence-electron chi connectivity index (χ4n) is 4.20. The van der Waals surface area contributed by atoms with E-state index in [2.05, 4.69) is 35.4 Å². The summed E-state index contributed by atoms with van der Waals surface area (Å²) < 4.78 is 6.47. The fourth-order valence-corrected chi connectivity index (χ4v) is 4.20.